The molecule has 3 nitrogen and oxygen atoms in total. The Bertz CT molecular complexity index is 464. The molecule has 0 bridgehead atoms. The van der Waals surface area contributed by atoms with E-state index in [2.05, 4.69) is 12.6 Å². The van der Waals surface area contributed by atoms with E-state index < -0.39 is 5.97 Å². The summed E-state index contributed by atoms with van der Waals surface area (Å²) in [5.74, 6) is 0.477. The Kier molecular flexibility index (Phi) is 6.08. The van der Waals surface area contributed by atoms with Gasteiger partial charge >= 0.3 is 5.97 Å². The zero-order valence-corrected chi connectivity index (χ0v) is 11.1. The number of hydrogen-bond acceptors (Lipinski definition) is 3. The predicted octanol–water partition coefficient (Wildman–Crippen LogP) is 3.13. The van der Waals surface area contributed by atoms with Gasteiger partial charge in [0.05, 0.1) is 7.11 Å². The zero-order valence-electron chi connectivity index (χ0n) is 10.2. The lowest BCUT2D eigenvalue weighted by Crippen LogP contribution is -1.90. The van der Waals surface area contributed by atoms with E-state index in [0.29, 0.717) is 5.75 Å². The fourth-order valence-corrected chi connectivity index (χ4v) is 1.59. The highest BCUT2D eigenvalue weighted by atomic mass is 32.1. The number of benzene rings is 1. The predicted molar refractivity (Wildman–Crippen MR) is 77.2 cm³/mol. The van der Waals surface area contributed by atoms with Crippen molar-refractivity contribution in [2.24, 2.45) is 0 Å². The van der Waals surface area contributed by atoms with Crippen LogP contribution in [0.25, 0.3) is 12.2 Å². The Hall–Kier alpha value is -1.68. The Balaban J connectivity index is 2.98. The van der Waals surface area contributed by atoms with E-state index >= 15 is 0 Å². The van der Waals surface area contributed by atoms with E-state index in [1.165, 1.54) is 6.08 Å². The second-order valence-electron chi connectivity index (χ2n) is 3.59. The molecule has 0 saturated carbocycles. The Morgan fingerprint density at radius 3 is 2.83 bits per heavy atom. The van der Waals surface area contributed by atoms with Gasteiger partial charge in [-0.15, -0.1) is 0 Å². The first-order chi connectivity index (χ1) is 8.67. The van der Waals surface area contributed by atoms with Crippen LogP contribution in [-0.2, 0) is 4.79 Å². The van der Waals surface area contributed by atoms with Gasteiger partial charge in [-0.1, -0.05) is 18.2 Å². The van der Waals surface area contributed by atoms with Gasteiger partial charge in [0.1, 0.15) is 5.75 Å². The number of thiol groups is 1. The number of ether oxygens (including phenoxy) is 1. The molecule has 0 amide bonds. The Labute approximate surface area is 112 Å². The molecule has 0 aliphatic heterocycles. The molecule has 4 heteroatoms. The molecule has 1 rings (SSSR count). The topological polar surface area (TPSA) is 46.5 Å². The van der Waals surface area contributed by atoms with Crippen molar-refractivity contribution in [3.05, 3.63) is 41.5 Å². The minimum Gasteiger partial charge on any atom is -0.496 e. The van der Waals surface area contributed by atoms with Crippen LogP contribution in [0.5, 0.6) is 5.75 Å². The third kappa shape index (κ3) is 4.67. The summed E-state index contributed by atoms with van der Waals surface area (Å²) >= 11 is 4.13. The molecule has 0 heterocycles. The summed E-state index contributed by atoms with van der Waals surface area (Å²) in [4.78, 5) is 10.5. The lowest BCUT2D eigenvalue weighted by Gasteiger charge is -2.05. The molecular weight excluding hydrogens is 248 g/mol. The number of carboxylic acid groups (broad SMARTS) is 1. The quantitative estimate of drug-likeness (QED) is 0.613. The first-order valence-corrected chi connectivity index (χ1v) is 6.17. The van der Waals surface area contributed by atoms with Crippen molar-refractivity contribution in [3.8, 4) is 5.75 Å². The summed E-state index contributed by atoms with van der Waals surface area (Å²) in [5, 5.41) is 8.63. The standard InChI is InChI=1S/C14H16O3S/c1-17-13-7-5-11(4-2-3-9-18)10-12(13)6-8-14(15)16/h2,4-8,10,18H,3,9H2,1H3,(H,15,16)/b4-2?,8-6+. The van der Waals surface area contributed by atoms with Crippen molar-refractivity contribution >= 4 is 30.8 Å². The van der Waals surface area contributed by atoms with Gasteiger partial charge in [0.2, 0.25) is 0 Å². The molecule has 0 unspecified atom stereocenters. The maximum absolute atomic E-state index is 10.5. The number of aliphatic carboxylic acids is 1. The second-order valence-corrected chi connectivity index (χ2v) is 4.03. The summed E-state index contributed by atoms with van der Waals surface area (Å²) in [6, 6.07) is 5.63. The van der Waals surface area contributed by atoms with Gasteiger partial charge in [-0.2, -0.15) is 12.6 Å². The summed E-state index contributed by atoms with van der Waals surface area (Å²) in [6.07, 6.45) is 7.53. The van der Waals surface area contributed by atoms with E-state index in [1.807, 2.05) is 30.4 Å². The van der Waals surface area contributed by atoms with E-state index in [0.717, 1.165) is 29.4 Å². The fraction of sp³-hybridized carbons (Fsp3) is 0.214. The lowest BCUT2D eigenvalue weighted by molar-refractivity contribution is -0.131. The zero-order chi connectivity index (χ0) is 13.4. The van der Waals surface area contributed by atoms with Crippen molar-refractivity contribution < 1.29 is 14.6 Å². The van der Waals surface area contributed by atoms with Crippen LogP contribution >= 0.6 is 12.6 Å². The van der Waals surface area contributed by atoms with Crippen molar-refractivity contribution in [2.45, 2.75) is 6.42 Å². The first kappa shape index (κ1) is 14.4. The number of allylic oxidation sites excluding steroid dienone is 1. The molecule has 0 aromatic heterocycles. The Morgan fingerprint density at radius 2 is 2.22 bits per heavy atom. The molecular formula is C14H16O3S. The van der Waals surface area contributed by atoms with Crippen LogP contribution in [0.3, 0.4) is 0 Å². The maximum Gasteiger partial charge on any atom is 0.328 e. The summed E-state index contributed by atoms with van der Waals surface area (Å²) in [7, 11) is 1.56. The monoisotopic (exact) mass is 264 g/mol. The highest BCUT2D eigenvalue weighted by Crippen LogP contribution is 2.22. The largest absolute Gasteiger partial charge is 0.496 e. The van der Waals surface area contributed by atoms with Gasteiger partial charge in [0.25, 0.3) is 0 Å². The van der Waals surface area contributed by atoms with Gasteiger partial charge in [-0.25, -0.2) is 4.79 Å². The maximum atomic E-state index is 10.5. The van der Waals surface area contributed by atoms with Gasteiger partial charge in [-0.05, 0) is 35.9 Å². The molecule has 1 aromatic carbocycles. The summed E-state index contributed by atoms with van der Waals surface area (Å²) in [5.41, 5.74) is 1.75. The van der Waals surface area contributed by atoms with E-state index in [-0.39, 0.29) is 0 Å². The number of carbonyl (C=O) groups is 1. The second kappa shape index (κ2) is 7.61. The SMILES string of the molecule is COc1ccc(C=CCCS)cc1/C=C/C(=O)O. The molecule has 0 fully saturated rings. The molecule has 0 aliphatic rings. The average Bonchev–Trinajstić information content (AvgIpc) is 2.37. The summed E-state index contributed by atoms with van der Waals surface area (Å²) in [6.45, 7) is 0. The molecule has 96 valence electrons. The molecule has 0 spiro atoms. The third-order valence-electron chi connectivity index (χ3n) is 2.27. The van der Waals surface area contributed by atoms with Gasteiger partial charge in [-0.3, -0.25) is 0 Å². The first-order valence-electron chi connectivity index (χ1n) is 5.54. The molecule has 18 heavy (non-hydrogen) atoms. The van der Waals surface area contributed by atoms with Crippen molar-refractivity contribution in [1.29, 1.82) is 0 Å². The highest BCUT2D eigenvalue weighted by Gasteiger charge is 2.00. The van der Waals surface area contributed by atoms with Crippen LogP contribution in [0.1, 0.15) is 17.5 Å². The lowest BCUT2D eigenvalue weighted by atomic mass is 10.1. The van der Waals surface area contributed by atoms with Crippen LogP contribution in [0.2, 0.25) is 0 Å². The molecule has 0 radical (unpaired) electrons. The van der Waals surface area contributed by atoms with E-state index in [4.69, 9.17) is 9.84 Å². The smallest absolute Gasteiger partial charge is 0.328 e. The number of hydrogen-bond donors (Lipinski definition) is 2. The minimum atomic E-state index is -0.979. The van der Waals surface area contributed by atoms with Crippen molar-refractivity contribution in [3.63, 3.8) is 0 Å². The number of carboxylic acids is 1. The molecule has 1 N–H and O–H groups in total. The molecule has 0 atom stereocenters. The average molecular weight is 264 g/mol. The highest BCUT2D eigenvalue weighted by molar-refractivity contribution is 7.80. The van der Waals surface area contributed by atoms with E-state index in [9.17, 15) is 4.79 Å². The van der Waals surface area contributed by atoms with Gasteiger partial charge < -0.3 is 9.84 Å². The van der Waals surface area contributed by atoms with Gasteiger partial charge in [0, 0.05) is 11.6 Å². The van der Waals surface area contributed by atoms with Gasteiger partial charge in [0.15, 0.2) is 0 Å². The Morgan fingerprint density at radius 1 is 1.44 bits per heavy atom. The minimum absolute atomic E-state index is 0.652. The van der Waals surface area contributed by atoms with Crippen LogP contribution in [0.15, 0.2) is 30.4 Å². The number of methoxy groups -OCH3 is 1. The van der Waals surface area contributed by atoms with Crippen LogP contribution < -0.4 is 4.74 Å². The number of rotatable bonds is 6. The fourth-order valence-electron chi connectivity index (χ4n) is 1.44. The van der Waals surface area contributed by atoms with E-state index in [1.54, 1.807) is 7.11 Å². The van der Waals surface area contributed by atoms with Crippen LogP contribution in [0.4, 0.5) is 0 Å². The van der Waals surface area contributed by atoms with Crippen molar-refractivity contribution in [1.82, 2.24) is 0 Å². The molecule has 1 aromatic rings. The molecule has 0 saturated heterocycles. The van der Waals surface area contributed by atoms with Crippen LogP contribution in [-0.4, -0.2) is 23.9 Å². The third-order valence-corrected chi connectivity index (χ3v) is 2.52. The van der Waals surface area contributed by atoms with Crippen LogP contribution in [0, 0.1) is 0 Å². The van der Waals surface area contributed by atoms with Crippen molar-refractivity contribution in [2.75, 3.05) is 12.9 Å². The normalized spacial score (nSPS) is 11.2. The summed E-state index contributed by atoms with van der Waals surface area (Å²) < 4.78 is 5.18. The molecule has 0 aliphatic carbocycles.